The van der Waals surface area contributed by atoms with E-state index in [1.807, 2.05) is 47.3 Å². The van der Waals surface area contributed by atoms with Crippen LogP contribution in [0, 0.1) is 11.8 Å². The van der Waals surface area contributed by atoms with E-state index in [0.717, 1.165) is 28.0 Å². The first-order chi connectivity index (χ1) is 14.2. The second-order valence-electron chi connectivity index (χ2n) is 6.48. The molecule has 2 heterocycles. The highest BCUT2D eigenvalue weighted by molar-refractivity contribution is 6.30. The quantitative estimate of drug-likeness (QED) is 0.445. The van der Waals surface area contributed by atoms with E-state index in [1.165, 1.54) is 0 Å². The van der Waals surface area contributed by atoms with Gasteiger partial charge in [0, 0.05) is 29.7 Å². The Labute approximate surface area is 174 Å². The molecule has 0 aliphatic heterocycles. The zero-order valence-corrected chi connectivity index (χ0v) is 16.4. The summed E-state index contributed by atoms with van der Waals surface area (Å²) in [4.78, 5) is 4.06. The summed E-state index contributed by atoms with van der Waals surface area (Å²) in [5.74, 6) is 7.04. The monoisotopic (exact) mass is 399 g/mol. The van der Waals surface area contributed by atoms with Crippen LogP contribution in [0.2, 0.25) is 5.02 Å². The Hall–Kier alpha value is -3.55. The van der Waals surface area contributed by atoms with E-state index in [9.17, 15) is 0 Å². The van der Waals surface area contributed by atoms with Crippen LogP contribution in [0.1, 0.15) is 22.3 Å². The molecule has 0 saturated heterocycles. The van der Waals surface area contributed by atoms with E-state index in [1.54, 1.807) is 18.6 Å². The van der Waals surface area contributed by atoms with Crippen molar-refractivity contribution in [2.24, 2.45) is 0 Å². The summed E-state index contributed by atoms with van der Waals surface area (Å²) < 4.78 is 7.69. The lowest BCUT2D eigenvalue weighted by Gasteiger charge is -2.08. The van der Waals surface area contributed by atoms with Crippen LogP contribution in [0.15, 0.2) is 85.5 Å². The number of nitrogens with zero attached hydrogens (tertiary/aromatic N) is 3. The van der Waals surface area contributed by atoms with Crippen molar-refractivity contribution in [1.82, 2.24) is 14.8 Å². The van der Waals surface area contributed by atoms with Crippen molar-refractivity contribution < 1.29 is 4.74 Å². The lowest BCUT2D eigenvalue weighted by molar-refractivity contribution is 0.306. The van der Waals surface area contributed by atoms with Gasteiger partial charge in [-0.15, -0.1) is 0 Å². The summed E-state index contributed by atoms with van der Waals surface area (Å²) in [6.07, 6.45) is 6.93. The third-order valence-electron chi connectivity index (χ3n) is 4.24. The Balaban J connectivity index is 1.31. The van der Waals surface area contributed by atoms with E-state index in [0.29, 0.717) is 18.2 Å². The Kier molecular flexibility index (Phi) is 5.89. The van der Waals surface area contributed by atoms with Gasteiger partial charge in [0.15, 0.2) is 0 Å². The molecule has 2 aromatic carbocycles. The predicted molar refractivity (Wildman–Crippen MR) is 114 cm³/mol. The van der Waals surface area contributed by atoms with Crippen LogP contribution in [0.3, 0.4) is 0 Å². The molecule has 4 aromatic rings. The highest BCUT2D eigenvalue weighted by Gasteiger charge is 2.00. The highest BCUT2D eigenvalue weighted by Crippen LogP contribution is 2.15. The van der Waals surface area contributed by atoms with Crippen LogP contribution < -0.4 is 4.74 Å². The number of hydrogen-bond acceptors (Lipinski definition) is 3. The molecule has 0 amide bonds. The molecule has 4 nitrogen and oxygen atoms in total. The van der Waals surface area contributed by atoms with Crippen LogP contribution in [-0.4, -0.2) is 14.8 Å². The average Bonchev–Trinajstić information content (AvgIpc) is 3.18. The van der Waals surface area contributed by atoms with Crippen LogP contribution >= 0.6 is 11.6 Å². The summed E-state index contributed by atoms with van der Waals surface area (Å²) in [6, 6.07) is 19.9. The van der Waals surface area contributed by atoms with E-state index in [-0.39, 0.29) is 0 Å². The van der Waals surface area contributed by atoms with Crippen molar-refractivity contribution in [3.63, 3.8) is 0 Å². The Morgan fingerprint density at radius 1 is 0.862 bits per heavy atom. The molecule has 0 spiro atoms. The second kappa shape index (κ2) is 9.09. The molecule has 0 fully saturated rings. The van der Waals surface area contributed by atoms with Crippen LogP contribution in [-0.2, 0) is 13.2 Å². The Morgan fingerprint density at radius 3 is 2.31 bits per heavy atom. The minimum absolute atomic E-state index is 0.509. The fourth-order valence-electron chi connectivity index (χ4n) is 2.73. The zero-order chi connectivity index (χ0) is 19.9. The van der Waals surface area contributed by atoms with Crippen molar-refractivity contribution in [2.45, 2.75) is 13.2 Å². The predicted octanol–water partition coefficient (Wildman–Crippen LogP) is 4.96. The van der Waals surface area contributed by atoms with E-state index in [2.05, 4.69) is 46.2 Å². The van der Waals surface area contributed by atoms with Gasteiger partial charge in [-0.1, -0.05) is 47.7 Å². The van der Waals surface area contributed by atoms with Gasteiger partial charge in [0.25, 0.3) is 0 Å². The maximum atomic E-state index is 5.90. The molecule has 0 aliphatic rings. The lowest BCUT2D eigenvalue weighted by atomic mass is 10.1. The largest absolute Gasteiger partial charge is 0.489 e. The molecule has 29 heavy (non-hydrogen) atoms. The molecule has 0 saturated carbocycles. The Bertz CT molecular complexity index is 1120. The van der Waals surface area contributed by atoms with Gasteiger partial charge < -0.3 is 4.74 Å². The molecule has 0 bridgehead atoms. The number of pyridine rings is 1. The molecular formula is C24H18ClN3O. The Morgan fingerprint density at radius 2 is 1.62 bits per heavy atom. The number of halogens is 1. The molecule has 0 unspecified atom stereocenters. The van der Waals surface area contributed by atoms with Crippen molar-refractivity contribution >= 4 is 11.6 Å². The summed E-state index contributed by atoms with van der Waals surface area (Å²) in [6.45, 7) is 1.20. The van der Waals surface area contributed by atoms with Gasteiger partial charge in [-0.3, -0.25) is 9.67 Å². The maximum Gasteiger partial charge on any atom is 0.119 e. The number of rotatable bonds is 5. The molecule has 0 radical (unpaired) electrons. The zero-order valence-electron chi connectivity index (χ0n) is 15.6. The maximum absolute atomic E-state index is 5.90. The minimum atomic E-state index is 0.509. The smallest absolute Gasteiger partial charge is 0.119 e. The molecule has 142 valence electrons. The topological polar surface area (TPSA) is 39.9 Å². The van der Waals surface area contributed by atoms with Crippen LogP contribution in [0.4, 0.5) is 0 Å². The van der Waals surface area contributed by atoms with Crippen molar-refractivity contribution in [1.29, 1.82) is 0 Å². The third-order valence-corrected chi connectivity index (χ3v) is 4.44. The van der Waals surface area contributed by atoms with Gasteiger partial charge in [-0.05, 0) is 47.5 Å². The van der Waals surface area contributed by atoms with Gasteiger partial charge in [0.2, 0.25) is 0 Å². The number of aromatic nitrogens is 3. The van der Waals surface area contributed by atoms with E-state index >= 15 is 0 Å². The van der Waals surface area contributed by atoms with Gasteiger partial charge in [0.05, 0.1) is 17.8 Å². The van der Waals surface area contributed by atoms with Gasteiger partial charge in [-0.25, -0.2) is 0 Å². The molecule has 0 N–H and O–H groups in total. The van der Waals surface area contributed by atoms with E-state index in [4.69, 9.17) is 16.3 Å². The fourth-order valence-corrected chi connectivity index (χ4v) is 2.89. The summed E-state index contributed by atoms with van der Waals surface area (Å²) in [5.41, 5.74) is 4.09. The first-order valence-corrected chi connectivity index (χ1v) is 9.53. The summed E-state index contributed by atoms with van der Waals surface area (Å²) in [7, 11) is 0. The lowest BCUT2D eigenvalue weighted by Crippen LogP contribution is -2.00. The van der Waals surface area contributed by atoms with Crippen LogP contribution in [0.25, 0.3) is 0 Å². The standard InChI is InChI=1S/C24H18ClN3O/c25-23-15-27-28(17-23)16-21-5-7-22(8-6-21)18-29-24-11-9-19(10-12-24)3-4-20-2-1-13-26-14-20/h1-2,5-15,17H,16,18H2. The van der Waals surface area contributed by atoms with Gasteiger partial charge in [0.1, 0.15) is 12.4 Å². The molecule has 0 atom stereocenters. The number of ether oxygens (including phenoxy) is 1. The fraction of sp³-hybridized carbons (Fsp3) is 0.0833. The van der Waals surface area contributed by atoms with Gasteiger partial charge >= 0.3 is 0 Å². The molecule has 4 rings (SSSR count). The van der Waals surface area contributed by atoms with Crippen molar-refractivity contribution in [2.75, 3.05) is 0 Å². The molecule has 5 heteroatoms. The van der Waals surface area contributed by atoms with Crippen molar-refractivity contribution in [3.05, 3.63) is 113 Å². The van der Waals surface area contributed by atoms with E-state index < -0.39 is 0 Å². The minimum Gasteiger partial charge on any atom is -0.489 e. The summed E-state index contributed by atoms with van der Waals surface area (Å²) >= 11 is 5.90. The molecule has 2 aromatic heterocycles. The van der Waals surface area contributed by atoms with Crippen molar-refractivity contribution in [3.8, 4) is 17.6 Å². The van der Waals surface area contributed by atoms with Crippen LogP contribution in [0.5, 0.6) is 5.75 Å². The normalized spacial score (nSPS) is 10.2. The number of benzene rings is 2. The third kappa shape index (κ3) is 5.47. The highest BCUT2D eigenvalue weighted by atomic mass is 35.5. The second-order valence-corrected chi connectivity index (χ2v) is 6.91. The first-order valence-electron chi connectivity index (χ1n) is 9.15. The number of hydrogen-bond donors (Lipinski definition) is 0. The van der Waals surface area contributed by atoms with Gasteiger partial charge in [-0.2, -0.15) is 5.10 Å². The molecule has 0 aliphatic carbocycles. The average molecular weight is 400 g/mol. The SMILES string of the molecule is Clc1cnn(Cc2ccc(COc3ccc(C#Cc4cccnc4)cc3)cc2)c1. The first kappa shape index (κ1) is 18.8. The molecular weight excluding hydrogens is 382 g/mol. The summed E-state index contributed by atoms with van der Waals surface area (Å²) in [5, 5.41) is 4.84.